The molecule has 0 atom stereocenters. The Labute approximate surface area is 140 Å². The molecule has 1 saturated carbocycles. The second-order valence-electron chi connectivity index (χ2n) is 6.22. The third kappa shape index (κ3) is 3.10. The molecule has 0 spiro atoms. The van der Waals surface area contributed by atoms with Gasteiger partial charge in [0.2, 0.25) is 0 Å². The Morgan fingerprint density at radius 2 is 1.87 bits per heavy atom. The minimum atomic E-state index is 0.398. The lowest BCUT2D eigenvalue weighted by Gasteiger charge is -2.29. The minimum absolute atomic E-state index is 0.398. The first-order valence-corrected chi connectivity index (χ1v) is 9.41. The predicted octanol–water partition coefficient (Wildman–Crippen LogP) is 2.77. The normalized spacial score (nSPS) is 19.8. The highest BCUT2D eigenvalue weighted by Crippen LogP contribution is 2.47. The number of hydrogen-bond donors (Lipinski definition) is 1. The lowest BCUT2D eigenvalue weighted by Crippen LogP contribution is -2.37. The van der Waals surface area contributed by atoms with Crippen molar-refractivity contribution in [2.24, 2.45) is 0 Å². The van der Waals surface area contributed by atoms with E-state index in [0.29, 0.717) is 4.75 Å². The van der Waals surface area contributed by atoms with Crippen LogP contribution in [0.5, 0.6) is 0 Å². The summed E-state index contributed by atoms with van der Waals surface area (Å²) in [5.41, 5.74) is 1.89. The van der Waals surface area contributed by atoms with E-state index in [1.807, 2.05) is 36.0 Å². The first-order valence-electron chi connectivity index (χ1n) is 8.18. The van der Waals surface area contributed by atoms with Crippen molar-refractivity contribution in [1.82, 2.24) is 9.97 Å². The molecular weight excluding hydrogens is 308 g/mol. The van der Waals surface area contributed by atoms with Crippen molar-refractivity contribution < 1.29 is 4.74 Å². The fourth-order valence-corrected chi connectivity index (χ4v) is 3.67. The molecule has 6 heteroatoms. The van der Waals surface area contributed by atoms with Gasteiger partial charge in [0.15, 0.2) is 11.6 Å². The van der Waals surface area contributed by atoms with E-state index in [2.05, 4.69) is 16.5 Å². The van der Waals surface area contributed by atoms with Crippen LogP contribution in [0.1, 0.15) is 12.8 Å². The van der Waals surface area contributed by atoms with E-state index < -0.39 is 0 Å². The van der Waals surface area contributed by atoms with Gasteiger partial charge in [0.1, 0.15) is 0 Å². The number of nitrogens with zero attached hydrogens (tertiary/aromatic N) is 3. The molecule has 0 bridgehead atoms. The summed E-state index contributed by atoms with van der Waals surface area (Å²) in [4.78, 5) is 12.0. The molecule has 1 saturated heterocycles. The monoisotopic (exact) mass is 330 g/mol. The van der Waals surface area contributed by atoms with E-state index in [9.17, 15) is 0 Å². The number of ether oxygens (including phenoxy) is 1. The van der Waals surface area contributed by atoms with Crippen molar-refractivity contribution in [2.75, 3.05) is 49.3 Å². The highest BCUT2D eigenvalue weighted by atomic mass is 32.2. The SMILES string of the molecule is CSC1(CNc2nc3ccccc3nc2N2CCOCC2)CC1. The van der Waals surface area contributed by atoms with Crippen molar-refractivity contribution in [3.8, 4) is 0 Å². The van der Waals surface area contributed by atoms with Crippen LogP contribution >= 0.6 is 11.8 Å². The van der Waals surface area contributed by atoms with Crippen LogP contribution in [0.4, 0.5) is 11.6 Å². The highest BCUT2D eigenvalue weighted by Gasteiger charge is 2.41. The zero-order valence-electron chi connectivity index (χ0n) is 13.4. The summed E-state index contributed by atoms with van der Waals surface area (Å²) in [6.45, 7) is 4.20. The van der Waals surface area contributed by atoms with Crippen LogP contribution in [0, 0.1) is 0 Å². The highest BCUT2D eigenvalue weighted by molar-refractivity contribution is 8.00. The smallest absolute Gasteiger partial charge is 0.172 e. The van der Waals surface area contributed by atoms with E-state index in [1.165, 1.54) is 12.8 Å². The third-order valence-electron chi connectivity index (χ3n) is 4.68. The number of para-hydroxylation sites is 2. The van der Waals surface area contributed by atoms with Crippen molar-refractivity contribution in [3.63, 3.8) is 0 Å². The van der Waals surface area contributed by atoms with Gasteiger partial charge in [-0.25, -0.2) is 9.97 Å². The molecule has 4 rings (SSSR count). The van der Waals surface area contributed by atoms with E-state index >= 15 is 0 Å². The second-order valence-corrected chi connectivity index (χ2v) is 7.50. The Morgan fingerprint density at radius 1 is 1.17 bits per heavy atom. The Hall–Kier alpha value is -1.53. The molecule has 2 fully saturated rings. The molecule has 23 heavy (non-hydrogen) atoms. The number of benzene rings is 1. The van der Waals surface area contributed by atoms with Gasteiger partial charge in [-0.2, -0.15) is 11.8 Å². The standard InChI is InChI=1S/C17H22N4OS/c1-23-17(6-7-17)12-18-15-16(21-8-10-22-11-9-21)20-14-5-3-2-4-13(14)19-15/h2-5H,6-12H2,1H3,(H,18,19). The van der Waals surface area contributed by atoms with Crippen molar-refractivity contribution in [3.05, 3.63) is 24.3 Å². The molecular formula is C17H22N4OS. The van der Waals surface area contributed by atoms with Crippen molar-refractivity contribution in [2.45, 2.75) is 17.6 Å². The molecule has 122 valence electrons. The molecule has 1 aliphatic heterocycles. The minimum Gasteiger partial charge on any atom is -0.378 e. The van der Waals surface area contributed by atoms with Gasteiger partial charge < -0.3 is 15.0 Å². The fraction of sp³-hybridized carbons (Fsp3) is 0.529. The van der Waals surface area contributed by atoms with E-state index in [-0.39, 0.29) is 0 Å². The number of aromatic nitrogens is 2. The van der Waals surface area contributed by atoms with Crippen molar-refractivity contribution in [1.29, 1.82) is 0 Å². The van der Waals surface area contributed by atoms with Gasteiger partial charge >= 0.3 is 0 Å². The summed E-state index contributed by atoms with van der Waals surface area (Å²) in [7, 11) is 0. The Bertz CT molecular complexity index is 698. The zero-order valence-corrected chi connectivity index (χ0v) is 14.2. The number of hydrogen-bond acceptors (Lipinski definition) is 6. The zero-order chi connectivity index (χ0) is 15.7. The molecule has 0 amide bonds. The largest absolute Gasteiger partial charge is 0.378 e. The summed E-state index contributed by atoms with van der Waals surface area (Å²) >= 11 is 1.96. The first kappa shape index (κ1) is 15.0. The fourth-order valence-electron chi connectivity index (χ4n) is 2.94. The summed E-state index contributed by atoms with van der Waals surface area (Å²) < 4.78 is 5.87. The molecule has 2 aromatic rings. The predicted molar refractivity (Wildman–Crippen MR) is 96.5 cm³/mol. The van der Waals surface area contributed by atoms with Gasteiger partial charge in [0, 0.05) is 24.4 Å². The number of nitrogens with one attached hydrogen (secondary N) is 1. The van der Waals surface area contributed by atoms with Gasteiger partial charge in [-0.15, -0.1) is 0 Å². The maximum atomic E-state index is 5.48. The quantitative estimate of drug-likeness (QED) is 0.910. The Balaban J connectivity index is 1.67. The third-order valence-corrected chi connectivity index (χ3v) is 6.10. The van der Waals surface area contributed by atoms with Gasteiger partial charge in [-0.05, 0) is 31.2 Å². The van der Waals surface area contributed by atoms with Crippen molar-refractivity contribution >= 4 is 34.4 Å². The summed E-state index contributed by atoms with van der Waals surface area (Å²) in [5, 5.41) is 3.58. The van der Waals surface area contributed by atoms with Crippen LogP contribution in [0.2, 0.25) is 0 Å². The Morgan fingerprint density at radius 3 is 2.52 bits per heavy atom. The summed E-state index contributed by atoms with van der Waals surface area (Å²) in [6, 6.07) is 8.08. The molecule has 2 heterocycles. The van der Waals surface area contributed by atoms with Gasteiger partial charge in [0.25, 0.3) is 0 Å². The number of rotatable bonds is 5. The summed E-state index contributed by atoms with van der Waals surface area (Å²) in [6.07, 6.45) is 4.77. The topological polar surface area (TPSA) is 50.3 Å². The Kier molecular flexibility index (Phi) is 4.03. The first-order chi connectivity index (χ1) is 11.3. The van der Waals surface area contributed by atoms with Crippen LogP contribution < -0.4 is 10.2 Å². The van der Waals surface area contributed by atoms with Gasteiger partial charge in [0.05, 0.1) is 24.2 Å². The van der Waals surface area contributed by atoms with Crippen LogP contribution in [0.25, 0.3) is 11.0 Å². The summed E-state index contributed by atoms with van der Waals surface area (Å²) in [5.74, 6) is 1.87. The number of thioether (sulfide) groups is 1. The molecule has 5 nitrogen and oxygen atoms in total. The number of morpholine rings is 1. The molecule has 1 N–H and O–H groups in total. The van der Waals surface area contributed by atoms with Crippen LogP contribution in [-0.4, -0.2) is 53.8 Å². The number of fused-ring (bicyclic) bond motifs is 1. The second kappa shape index (κ2) is 6.17. The number of anilines is 2. The molecule has 2 aliphatic rings. The van der Waals surface area contributed by atoms with Gasteiger partial charge in [-0.1, -0.05) is 12.1 Å². The van der Waals surface area contributed by atoms with Crippen LogP contribution in [-0.2, 0) is 4.74 Å². The lowest BCUT2D eigenvalue weighted by molar-refractivity contribution is 0.122. The lowest BCUT2D eigenvalue weighted by atomic mass is 10.3. The maximum absolute atomic E-state index is 5.48. The maximum Gasteiger partial charge on any atom is 0.172 e. The van der Waals surface area contributed by atoms with Crippen LogP contribution in [0.3, 0.4) is 0 Å². The molecule has 1 aromatic heterocycles. The molecule has 1 aromatic carbocycles. The van der Waals surface area contributed by atoms with E-state index in [4.69, 9.17) is 14.7 Å². The van der Waals surface area contributed by atoms with E-state index in [0.717, 1.165) is 55.5 Å². The average molecular weight is 330 g/mol. The van der Waals surface area contributed by atoms with E-state index in [1.54, 1.807) is 0 Å². The van der Waals surface area contributed by atoms with Gasteiger partial charge in [-0.3, -0.25) is 0 Å². The molecule has 1 aliphatic carbocycles. The average Bonchev–Trinajstić information content (AvgIpc) is 3.40. The molecule has 0 radical (unpaired) electrons. The molecule has 0 unspecified atom stereocenters. The van der Waals surface area contributed by atoms with Crippen LogP contribution in [0.15, 0.2) is 24.3 Å².